The second-order valence-electron chi connectivity index (χ2n) is 4.78. The minimum absolute atomic E-state index is 0.206. The molecule has 6 nitrogen and oxygen atoms in total. The number of hydrogen-bond acceptors (Lipinski definition) is 4. The number of benzene rings is 2. The first-order valence-electron chi connectivity index (χ1n) is 7.08. The summed E-state index contributed by atoms with van der Waals surface area (Å²) in [6.07, 6.45) is 1.31. The number of nitrogens with one attached hydrogen (secondary N) is 2. The molecule has 0 aliphatic rings. The molecule has 0 bridgehead atoms. The summed E-state index contributed by atoms with van der Waals surface area (Å²) in [5.41, 5.74) is 3.52. The topological polar surface area (TPSA) is 79.8 Å². The highest BCUT2D eigenvalue weighted by Gasteiger charge is 2.11. The Labute approximate surface area is 138 Å². The van der Waals surface area contributed by atoms with Gasteiger partial charge in [-0.1, -0.05) is 24.3 Å². The van der Waals surface area contributed by atoms with Crippen molar-refractivity contribution in [2.45, 2.75) is 6.54 Å². The summed E-state index contributed by atoms with van der Waals surface area (Å²) in [6.45, 7) is 0.206. The standard InChI is InChI=1S/C17H16FN3O3/c1-24-15-8-4-12(5-9-15)10-19-16(22)17(23)21-20-11-13-2-6-14(18)7-3-13/h2-9,11H,10H2,1H3,(H,19,22)(H,21,23)/b20-11+. The van der Waals surface area contributed by atoms with Gasteiger partial charge in [0.2, 0.25) is 0 Å². The molecule has 0 spiro atoms. The molecule has 0 unspecified atom stereocenters. The fourth-order valence-corrected chi connectivity index (χ4v) is 1.77. The van der Waals surface area contributed by atoms with Crippen LogP contribution in [0.25, 0.3) is 0 Å². The Morgan fingerprint density at radius 3 is 2.38 bits per heavy atom. The zero-order valence-corrected chi connectivity index (χ0v) is 13.0. The van der Waals surface area contributed by atoms with Crippen molar-refractivity contribution in [1.29, 1.82) is 0 Å². The van der Waals surface area contributed by atoms with Crippen LogP contribution in [0.2, 0.25) is 0 Å². The molecule has 2 aromatic rings. The molecular weight excluding hydrogens is 313 g/mol. The van der Waals surface area contributed by atoms with Crippen LogP contribution in [0.4, 0.5) is 4.39 Å². The van der Waals surface area contributed by atoms with E-state index in [1.54, 1.807) is 31.4 Å². The van der Waals surface area contributed by atoms with Crippen LogP contribution < -0.4 is 15.5 Å². The number of halogens is 1. The molecule has 24 heavy (non-hydrogen) atoms. The summed E-state index contributed by atoms with van der Waals surface area (Å²) in [7, 11) is 1.56. The van der Waals surface area contributed by atoms with Crippen molar-refractivity contribution in [3.63, 3.8) is 0 Å². The van der Waals surface area contributed by atoms with Gasteiger partial charge in [0.15, 0.2) is 0 Å². The lowest BCUT2D eigenvalue weighted by atomic mass is 10.2. The maximum Gasteiger partial charge on any atom is 0.329 e. The average molecular weight is 329 g/mol. The maximum absolute atomic E-state index is 12.7. The Balaban J connectivity index is 1.79. The van der Waals surface area contributed by atoms with Gasteiger partial charge in [-0.25, -0.2) is 9.82 Å². The van der Waals surface area contributed by atoms with Gasteiger partial charge in [-0.3, -0.25) is 9.59 Å². The minimum atomic E-state index is -0.887. The molecule has 7 heteroatoms. The summed E-state index contributed by atoms with van der Waals surface area (Å²) in [6, 6.07) is 12.6. The second kappa shape index (κ2) is 8.42. The summed E-state index contributed by atoms with van der Waals surface area (Å²) in [5, 5.41) is 6.12. The Bertz CT molecular complexity index is 728. The molecule has 2 amide bonds. The van der Waals surface area contributed by atoms with Gasteiger partial charge in [0, 0.05) is 6.54 Å². The third kappa shape index (κ3) is 5.20. The highest BCUT2D eigenvalue weighted by Crippen LogP contribution is 2.10. The van der Waals surface area contributed by atoms with E-state index >= 15 is 0 Å². The number of nitrogens with zero attached hydrogens (tertiary/aromatic N) is 1. The Morgan fingerprint density at radius 1 is 1.08 bits per heavy atom. The molecule has 0 fully saturated rings. The van der Waals surface area contributed by atoms with Gasteiger partial charge in [0.05, 0.1) is 13.3 Å². The fraction of sp³-hybridized carbons (Fsp3) is 0.118. The lowest BCUT2D eigenvalue weighted by molar-refractivity contribution is -0.139. The van der Waals surface area contributed by atoms with Crippen LogP contribution in [-0.4, -0.2) is 25.1 Å². The summed E-state index contributed by atoms with van der Waals surface area (Å²) in [4.78, 5) is 23.2. The third-order valence-electron chi connectivity index (χ3n) is 3.07. The third-order valence-corrected chi connectivity index (χ3v) is 3.07. The molecule has 124 valence electrons. The first-order valence-corrected chi connectivity index (χ1v) is 7.08. The lowest BCUT2D eigenvalue weighted by Gasteiger charge is -2.05. The smallest absolute Gasteiger partial charge is 0.329 e. The summed E-state index contributed by atoms with van der Waals surface area (Å²) >= 11 is 0. The molecule has 0 aliphatic heterocycles. The van der Waals surface area contributed by atoms with E-state index in [9.17, 15) is 14.0 Å². The van der Waals surface area contributed by atoms with E-state index in [2.05, 4.69) is 15.8 Å². The first kappa shape index (κ1) is 17.1. The number of amides is 2. The number of hydrazone groups is 1. The molecule has 2 aromatic carbocycles. The van der Waals surface area contributed by atoms with Crippen LogP contribution in [0.5, 0.6) is 5.75 Å². The summed E-state index contributed by atoms with van der Waals surface area (Å²) in [5.74, 6) is -1.35. The number of carbonyl (C=O) groups is 2. The Hall–Kier alpha value is -3.22. The van der Waals surface area contributed by atoms with Gasteiger partial charge in [-0.2, -0.15) is 5.10 Å². The van der Waals surface area contributed by atoms with Crippen LogP contribution in [0, 0.1) is 5.82 Å². The SMILES string of the molecule is COc1ccc(CNC(=O)C(=O)N/N=C/c2ccc(F)cc2)cc1. The predicted molar refractivity (Wildman–Crippen MR) is 87.0 cm³/mol. The van der Waals surface area contributed by atoms with Crippen LogP contribution in [0.3, 0.4) is 0 Å². The zero-order chi connectivity index (χ0) is 17.4. The molecule has 0 aromatic heterocycles. The van der Waals surface area contributed by atoms with Crippen LogP contribution in [0.15, 0.2) is 53.6 Å². The quantitative estimate of drug-likeness (QED) is 0.497. The van der Waals surface area contributed by atoms with Crippen molar-refractivity contribution in [2.75, 3.05) is 7.11 Å². The van der Waals surface area contributed by atoms with Crippen molar-refractivity contribution >= 4 is 18.0 Å². The van der Waals surface area contributed by atoms with E-state index in [1.807, 2.05) is 0 Å². The van der Waals surface area contributed by atoms with E-state index in [4.69, 9.17) is 4.74 Å². The van der Waals surface area contributed by atoms with Gasteiger partial charge >= 0.3 is 11.8 Å². The van der Waals surface area contributed by atoms with Gasteiger partial charge in [0.25, 0.3) is 0 Å². The van der Waals surface area contributed by atoms with Gasteiger partial charge in [-0.05, 0) is 35.4 Å². The van der Waals surface area contributed by atoms with E-state index < -0.39 is 11.8 Å². The number of rotatable bonds is 5. The monoisotopic (exact) mass is 329 g/mol. The van der Waals surface area contributed by atoms with Crippen molar-refractivity contribution in [3.05, 3.63) is 65.5 Å². The zero-order valence-electron chi connectivity index (χ0n) is 13.0. The minimum Gasteiger partial charge on any atom is -0.497 e. The van der Waals surface area contributed by atoms with Gasteiger partial charge in [-0.15, -0.1) is 0 Å². The predicted octanol–water partition coefficient (Wildman–Crippen LogP) is 1.60. The molecule has 0 radical (unpaired) electrons. The second-order valence-corrected chi connectivity index (χ2v) is 4.78. The average Bonchev–Trinajstić information content (AvgIpc) is 2.61. The van der Waals surface area contributed by atoms with Crippen LogP contribution in [0.1, 0.15) is 11.1 Å². The van der Waals surface area contributed by atoms with Crippen LogP contribution >= 0.6 is 0 Å². The molecule has 0 saturated heterocycles. The van der Waals surface area contributed by atoms with Gasteiger partial charge < -0.3 is 10.1 Å². The van der Waals surface area contributed by atoms with Crippen LogP contribution in [-0.2, 0) is 16.1 Å². The van der Waals surface area contributed by atoms with Crippen molar-refractivity contribution in [3.8, 4) is 5.75 Å². The first-order chi connectivity index (χ1) is 11.6. The maximum atomic E-state index is 12.7. The number of methoxy groups -OCH3 is 1. The van der Waals surface area contributed by atoms with E-state index in [0.717, 1.165) is 5.56 Å². The molecule has 0 heterocycles. The highest BCUT2D eigenvalue weighted by molar-refractivity contribution is 6.35. The molecule has 0 atom stereocenters. The molecule has 0 aliphatic carbocycles. The normalized spacial score (nSPS) is 10.4. The van der Waals surface area contributed by atoms with Crippen molar-refractivity contribution in [2.24, 2.45) is 5.10 Å². The summed E-state index contributed by atoms with van der Waals surface area (Å²) < 4.78 is 17.8. The Morgan fingerprint density at radius 2 is 1.75 bits per heavy atom. The Kier molecular flexibility index (Phi) is 6.01. The van der Waals surface area contributed by atoms with Crippen molar-refractivity contribution < 1.29 is 18.7 Å². The lowest BCUT2D eigenvalue weighted by Crippen LogP contribution is -2.37. The highest BCUT2D eigenvalue weighted by atomic mass is 19.1. The van der Waals surface area contributed by atoms with E-state index in [1.165, 1.54) is 30.5 Å². The van der Waals surface area contributed by atoms with Crippen molar-refractivity contribution in [1.82, 2.24) is 10.7 Å². The number of hydrogen-bond donors (Lipinski definition) is 2. The number of ether oxygens (including phenoxy) is 1. The molecule has 2 N–H and O–H groups in total. The van der Waals surface area contributed by atoms with Gasteiger partial charge in [0.1, 0.15) is 11.6 Å². The largest absolute Gasteiger partial charge is 0.497 e. The van der Waals surface area contributed by atoms with E-state index in [-0.39, 0.29) is 12.4 Å². The number of carbonyl (C=O) groups excluding carboxylic acids is 2. The molecular formula is C17H16FN3O3. The van der Waals surface area contributed by atoms with E-state index in [0.29, 0.717) is 11.3 Å². The molecule has 2 rings (SSSR count). The fourth-order valence-electron chi connectivity index (χ4n) is 1.77. The molecule has 0 saturated carbocycles.